The molecule has 5 nitrogen and oxygen atoms in total. The van der Waals surface area contributed by atoms with Crippen LogP contribution in [0, 0.1) is 13.8 Å². The van der Waals surface area contributed by atoms with Gasteiger partial charge in [0.05, 0.1) is 6.54 Å². The maximum absolute atomic E-state index is 11.7. The van der Waals surface area contributed by atoms with Gasteiger partial charge in [0.1, 0.15) is 0 Å². The number of aliphatic hydroxyl groups is 1. The van der Waals surface area contributed by atoms with Crippen molar-refractivity contribution in [3.8, 4) is 0 Å². The van der Waals surface area contributed by atoms with Crippen LogP contribution in [0.1, 0.15) is 21.5 Å². The third kappa shape index (κ3) is 3.57. The fourth-order valence-corrected chi connectivity index (χ4v) is 1.35. The van der Waals surface area contributed by atoms with Crippen molar-refractivity contribution in [2.45, 2.75) is 20.0 Å². The molecule has 0 saturated heterocycles. The second kappa shape index (κ2) is 5.45. The van der Waals surface area contributed by atoms with Gasteiger partial charge >= 0.3 is 5.97 Å². The number of hydrogen-bond acceptors (Lipinski definition) is 3. The van der Waals surface area contributed by atoms with Gasteiger partial charge < -0.3 is 15.5 Å². The highest BCUT2D eigenvalue weighted by Gasteiger charge is 2.15. The molecule has 0 fully saturated rings. The summed E-state index contributed by atoms with van der Waals surface area (Å²) in [6.07, 6.45) is -1.58. The fraction of sp³-hybridized carbons (Fsp3) is 0.333. The van der Waals surface area contributed by atoms with Crippen molar-refractivity contribution >= 4 is 11.9 Å². The van der Waals surface area contributed by atoms with Crippen LogP contribution in [0.25, 0.3) is 0 Å². The number of aliphatic carboxylic acids is 1. The second-order valence-electron chi connectivity index (χ2n) is 3.88. The Morgan fingerprint density at radius 1 is 1.35 bits per heavy atom. The van der Waals surface area contributed by atoms with Gasteiger partial charge in [-0.25, -0.2) is 4.79 Å². The topological polar surface area (TPSA) is 86.6 Å². The molecule has 0 unspecified atom stereocenters. The lowest BCUT2D eigenvalue weighted by Gasteiger charge is -2.10. The van der Waals surface area contributed by atoms with E-state index in [2.05, 4.69) is 5.32 Å². The molecule has 1 aromatic rings. The molecule has 0 radical (unpaired) electrons. The average Bonchev–Trinajstić information content (AvgIpc) is 2.28. The lowest BCUT2D eigenvalue weighted by molar-refractivity contribution is -0.146. The number of rotatable bonds is 4. The molecule has 1 aromatic carbocycles. The molecule has 1 atom stereocenters. The van der Waals surface area contributed by atoms with Gasteiger partial charge in [-0.05, 0) is 25.5 Å². The molecule has 0 aliphatic heterocycles. The van der Waals surface area contributed by atoms with E-state index in [1.807, 2.05) is 19.1 Å². The highest BCUT2D eigenvalue weighted by atomic mass is 16.4. The standard InChI is InChI=1S/C12H15NO4/c1-7-3-4-8(2)9(5-7)11(15)13-6-10(14)12(16)17/h3-5,10,14H,6H2,1-2H3,(H,13,15)(H,16,17)/t10-/m0/s1. The first kappa shape index (κ1) is 13.2. The van der Waals surface area contributed by atoms with E-state index < -0.39 is 12.1 Å². The molecule has 0 aromatic heterocycles. The van der Waals surface area contributed by atoms with Gasteiger partial charge in [0, 0.05) is 5.56 Å². The molecular formula is C12H15NO4. The molecule has 0 aliphatic rings. The summed E-state index contributed by atoms with van der Waals surface area (Å²) in [6.45, 7) is 3.35. The van der Waals surface area contributed by atoms with Crippen molar-refractivity contribution in [2.24, 2.45) is 0 Å². The van der Waals surface area contributed by atoms with E-state index in [4.69, 9.17) is 10.2 Å². The van der Waals surface area contributed by atoms with Gasteiger partial charge in [0.25, 0.3) is 5.91 Å². The van der Waals surface area contributed by atoms with Crippen molar-refractivity contribution in [1.82, 2.24) is 5.32 Å². The maximum atomic E-state index is 11.7. The number of aliphatic hydroxyl groups excluding tert-OH is 1. The molecule has 0 aliphatic carbocycles. The summed E-state index contributed by atoms with van der Waals surface area (Å²) in [4.78, 5) is 22.1. The maximum Gasteiger partial charge on any atom is 0.334 e. The molecule has 0 saturated carbocycles. The number of carbonyl (C=O) groups excluding carboxylic acids is 1. The van der Waals surface area contributed by atoms with Crippen LogP contribution in [0.5, 0.6) is 0 Å². The Morgan fingerprint density at radius 3 is 2.59 bits per heavy atom. The van der Waals surface area contributed by atoms with Gasteiger partial charge in [-0.2, -0.15) is 0 Å². The van der Waals surface area contributed by atoms with E-state index >= 15 is 0 Å². The predicted octanol–water partition coefficient (Wildman–Crippen LogP) is 0.479. The lowest BCUT2D eigenvalue weighted by Crippen LogP contribution is -2.36. The Kier molecular flexibility index (Phi) is 4.23. The summed E-state index contributed by atoms with van der Waals surface area (Å²) in [7, 11) is 0. The van der Waals surface area contributed by atoms with Gasteiger partial charge in [0.2, 0.25) is 0 Å². The minimum atomic E-state index is -1.58. The van der Waals surface area contributed by atoms with Crippen molar-refractivity contribution in [3.05, 3.63) is 34.9 Å². The zero-order valence-corrected chi connectivity index (χ0v) is 9.73. The summed E-state index contributed by atoms with van der Waals surface area (Å²) in [5, 5.41) is 19.9. The van der Waals surface area contributed by atoms with Crippen LogP contribution in [0.15, 0.2) is 18.2 Å². The number of aryl methyl sites for hydroxylation is 2. The van der Waals surface area contributed by atoms with E-state index in [1.54, 1.807) is 13.0 Å². The van der Waals surface area contributed by atoms with Crippen LogP contribution in [0.3, 0.4) is 0 Å². The highest BCUT2D eigenvalue weighted by Crippen LogP contribution is 2.10. The Labute approximate surface area is 99.1 Å². The fourth-order valence-electron chi connectivity index (χ4n) is 1.35. The number of hydrogen-bond donors (Lipinski definition) is 3. The number of carboxylic acids is 1. The van der Waals surface area contributed by atoms with Gasteiger partial charge in [0.15, 0.2) is 6.10 Å². The van der Waals surface area contributed by atoms with Crippen molar-refractivity contribution in [2.75, 3.05) is 6.54 Å². The van der Waals surface area contributed by atoms with E-state index in [0.717, 1.165) is 11.1 Å². The summed E-state index contributed by atoms with van der Waals surface area (Å²) in [6, 6.07) is 5.42. The summed E-state index contributed by atoms with van der Waals surface area (Å²) < 4.78 is 0. The highest BCUT2D eigenvalue weighted by molar-refractivity contribution is 5.96. The van der Waals surface area contributed by atoms with Crippen LogP contribution < -0.4 is 5.32 Å². The molecule has 92 valence electrons. The van der Waals surface area contributed by atoms with E-state index in [-0.39, 0.29) is 12.5 Å². The number of amides is 1. The Hall–Kier alpha value is -1.88. The van der Waals surface area contributed by atoms with Crippen molar-refractivity contribution in [3.63, 3.8) is 0 Å². The Bertz CT molecular complexity index is 442. The van der Waals surface area contributed by atoms with Gasteiger partial charge in [-0.1, -0.05) is 17.7 Å². The molecule has 0 heterocycles. The molecular weight excluding hydrogens is 222 g/mol. The minimum absolute atomic E-state index is 0.304. The van der Waals surface area contributed by atoms with Gasteiger partial charge in [-0.15, -0.1) is 0 Å². The van der Waals surface area contributed by atoms with Crippen molar-refractivity contribution in [1.29, 1.82) is 0 Å². The molecule has 5 heteroatoms. The molecule has 1 amide bonds. The number of nitrogens with one attached hydrogen (secondary N) is 1. The summed E-state index contributed by atoms with van der Waals surface area (Å²) in [5.41, 5.74) is 2.24. The third-order valence-electron chi connectivity index (χ3n) is 2.38. The smallest absolute Gasteiger partial charge is 0.334 e. The largest absolute Gasteiger partial charge is 0.479 e. The number of benzene rings is 1. The van der Waals surface area contributed by atoms with Gasteiger partial charge in [-0.3, -0.25) is 4.79 Å². The lowest BCUT2D eigenvalue weighted by atomic mass is 10.1. The normalized spacial score (nSPS) is 11.9. The Balaban J connectivity index is 2.70. The molecule has 1 rings (SSSR count). The first-order valence-electron chi connectivity index (χ1n) is 5.18. The molecule has 0 spiro atoms. The SMILES string of the molecule is Cc1ccc(C)c(C(=O)NC[C@H](O)C(=O)O)c1. The first-order chi connectivity index (χ1) is 7.91. The molecule has 3 N–H and O–H groups in total. The van der Waals surface area contributed by atoms with Crippen LogP contribution in [0.4, 0.5) is 0 Å². The van der Waals surface area contributed by atoms with Crippen LogP contribution in [-0.2, 0) is 4.79 Å². The first-order valence-corrected chi connectivity index (χ1v) is 5.18. The monoisotopic (exact) mass is 237 g/mol. The average molecular weight is 237 g/mol. The number of carboxylic acid groups (broad SMARTS) is 1. The molecule has 17 heavy (non-hydrogen) atoms. The van der Waals surface area contributed by atoms with Crippen LogP contribution in [0.2, 0.25) is 0 Å². The Morgan fingerprint density at radius 2 is 2.00 bits per heavy atom. The van der Waals surface area contributed by atoms with E-state index in [0.29, 0.717) is 5.56 Å². The zero-order valence-electron chi connectivity index (χ0n) is 9.73. The quantitative estimate of drug-likeness (QED) is 0.710. The number of carbonyl (C=O) groups is 2. The summed E-state index contributed by atoms with van der Waals surface area (Å²) in [5.74, 6) is -1.74. The zero-order chi connectivity index (χ0) is 13.0. The van der Waals surface area contributed by atoms with Crippen molar-refractivity contribution < 1.29 is 19.8 Å². The van der Waals surface area contributed by atoms with Crippen LogP contribution in [-0.4, -0.2) is 34.7 Å². The minimum Gasteiger partial charge on any atom is -0.479 e. The predicted molar refractivity (Wildman–Crippen MR) is 61.9 cm³/mol. The van der Waals surface area contributed by atoms with Crippen LogP contribution >= 0.6 is 0 Å². The van der Waals surface area contributed by atoms with E-state index in [1.165, 1.54) is 0 Å². The molecule has 0 bridgehead atoms. The van der Waals surface area contributed by atoms with E-state index in [9.17, 15) is 9.59 Å². The third-order valence-corrected chi connectivity index (χ3v) is 2.38. The second-order valence-corrected chi connectivity index (χ2v) is 3.88. The summed E-state index contributed by atoms with van der Waals surface area (Å²) >= 11 is 0.